The molecule has 4 aromatic heterocycles. The van der Waals surface area contributed by atoms with E-state index in [9.17, 15) is 48.7 Å². The van der Waals surface area contributed by atoms with Crippen LogP contribution in [0, 0.1) is 23.4 Å². The van der Waals surface area contributed by atoms with Crippen molar-refractivity contribution in [3.8, 4) is 16.9 Å². The molecule has 3 aromatic carbocycles. The lowest BCUT2D eigenvalue weighted by atomic mass is 10.0. The van der Waals surface area contributed by atoms with E-state index in [2.05, 4.69) is 30.2 Å². The van der Waals surface area contributed by atoms with E-state index in [1.54, 1.807) is 0 Å². The lowest BCUT2D eigenvalue weighted by Gasteiger charge is -2.24. The van der Waals surface area contributed by atoms with E-state index < -0.39 is 140 Å². The van der Waals surface area contributed by atoms with Crippen LogP contribution in [0.1, 0.15) is 46.7 Å². The molecule has 0 radical (unpaired) electrons. The fraction of sp³-hybridized carbons (Fsp3) is 0.268. The third-order valence-corrected chi connectivity index (χ3v) is 11.9. The number of hydrogen-bond acceptors (Lipinski definition) is 8. The highest BCUT2D eigenvalue weighted by Crippen LogP contribution is 2.68. The van der Waals surface area contributed by atoms with Crippen molar-refractivity contribution in [2.24, 2.45) is 5.92 Å². The minimum atomic E-state index is -5.19. The van der Waals surface area contributed by atoms with Gasteiger partial charge in [0.25, 0.3) is 17.9 Å². The van der Waals surface area contributed by atoms with Gasteiger partial charge in [0.05, 0.1) is 45.0 Å². The first-order valence-electron chi connectivity index (χ1n) is 19.4. The molecule has 2 aliphatic carbocycles. The number of carbonyl (C=O) groups excluding carboxylic acids is 1. The highest BCUT2D eigenvalue weighted by molar-refractivity contribution is 7.92. The van der Waals surface area contributed by atoms with Crippen molar-refractivity contribution in [2.45, 2.75) is 56.4 Å². The van der Waals surface area contributed by atoms with Gasteiger partial charge in [-0.15, -0.1) is 0 Å². The van der Waals surface area contributed by atoms with Gasteiger partial charge >= 0.3 is 6.18 Å². The van der Waals surface area contributed by atoms with Crippen LogP contribution in [0.3, 0.4) is 0 Å². The zero-order valence-corrected chi connectivity index (χ0v) is 34.9. The Kier molecular flexibility index (Phi) is 10.7. The summed E-state index contributed by atoms with van der Waals surface area (Å²) in [5.41, 5.74) is -6.21. The van der Waals surface area contributed by atoms with Gasteiger partial charge in [-0.3, -0.25) is 28.2 Å². The topological polar surface area (TPSA) is 159 Å². The SMILES string of the molecule is CS(=O)(=O)Nc1nn(CC(F)F)c2c(-n3c([C@H](Cc4cc(F)cc(F)c4)NC(=O)Cn4nc(C(F)(F)F)c5c4C(F)(F)[C@@H]4C[C@H]54)nc4nc(-c5ccccc5F)ccc4c3=O)ccc(Cl)c12. The fourth-order valence-corrected chi connectivity index (χ4v) is 9.20. The van der Waals surface area contributed by atoms with Crippen LogP contribution in [0.15, 0.2) is 71.5 Å². The van der Waals surface area contributed by atoms with Crippen molar-refractivity contribution >= 4 is 55.3 Å². The molecule has 1 amide bonds. The Morgan fingerprint density at radius 1 is 0.970 bits per heavy atom. The quantitative estimate of drug-likeness (QED) is 0.117. The highest BCUT2D eigenvalue weighted by Gasteiger charge is 2.68. The smallest absolute Gasteiger partial charge is 0.344 e. The van der Waals surface area contributed by atoms with Crippen LogP contribution in [-0.2, 0) is 46.4 Å². The van der Waals surface area contributed by atoms with Crippen molar-refractivity contribution in [2.75, 3.05) is 11.0 Å². The Hall–Kier alpha value is -6.56. The van der Waals surface area contributed by atoms with Gasteiger partial charge in [0, 0.05) is 29.5 Å². The van der Waals surface area contributed by atoms with E-state index in [4.69, 9.17) is 11.6 Å². The van der Waals surface area contributed by atoms with E-state index in [-0.39, 0.29) is 43.7 Å². The van der Waals surface area contributed by atoms with Gasteiger partial charge in [-0.2, -0.15) is 32.1 Å². The lowest BCUT2D eigenvalue weighted by molar-refractivity contribution is -0.142. The standard InChI is InChI=1S/C41H28ClF10N9O4S/c1-66(64,65)58-37-32-24(42)7-9-28(33(32)59(57-37)15-29(46)47)61-38(55-36-21(39(61)63)6-8-26(54-36)20-4-2-3-5-25(20)45)27(12-17-10-18(43)13-19(44)11-17)53-30(62)16-60-35-31(34(56-60)41(50,51)52)22-14-23(22)40(35,48)49/h2-11,13,22-23,27,29H,12,14-16H2,1H3,(H,53,62)(H,57,58)/t22-,23+,27-/m0/s1. The summed E-state index contributed by atoms with van der Waals surface area (Å²) in [6, 6.07) is 10.4. The number of nitrogens with one attached hydrogen (secondary N) is 2. The number of halogens is 11. The Labute approximate surface area is 369 Å². The van der Waals surface area contributed by atoms with Gasteiger partial charge in [-0.05, 0) is 66.4 Å². The van der Waals surface area contributed by atoms with Crippen molar-refractivity contribution in [1.29, 1.82) is 0 Å². The summed E-state index contributed by atoms with van der Waals surface area (Å²) in [7, 11) is -4.18. The number of pyridine rings is 1. The molecule has 0 saturated heterocycles. The lowest BCUT2D eigenvalue weighted by Crippen LogP contribution is -2.38. The monoisotopic (exact) mass is 967 g/mol. The molecule has 344 valence electrons. The molecular formula is C41H28ClF10N9O4S. The van der Waals surface area contributed by atoms with Crippen molar-refractivity contribution < 1.29 is 57.1 Å². The number of hydrogen-bond donors (Lipinski definition) is 2. The van der Waals surface area contributed by atoms with E-state index in [0.717, 1.165) is 41.2 Å². The van der Waals surface area contributed by atoms with Crippen LogP contribution >= 0.6 is 11.6 Å². The van der Waals surface area contributed by atoms with Crippen molar-refractivity contribution in [3.63, 3.8) is 0 Å². The fourth-order valence-electron chi connectivity index (χ4n) is 8.46. The number of fused-ring (bicyclic) bond motifs is 5. The molecule has 0 spiro atoms. The molecule has 66 heavy (non-hydrogen) atoms. The van der Waals surface area contributed by atoms with Crippen LogP contribution < -0.4 is 15.6 Å². The summed E-state index contributed by atoms with van der Waals surface area (Å²) in [4.78, 5) is 38.1. The Bertz CT molecular complexity index is 3320. The van der Waals surface area contributed by atoms with Gasteiger partial charge in [-0.25, -0.2) is 40.3 Å². The van der Waals surface area contributed by atoms with Crippen LogP contribution in [0.2, 0.25) is 5.02 Å². The zero-order valence-electron chi connectivity index (χ0n) is 33.3. The number of rotatable bonds is 12. The van der Waals surface area contributed by atoms with E-state index in [0.29, 0.717) is 10.7 Å². The summed E-state index contributed by atoms with van der Waals surface area (Å²) in [6.45, 7) is -2.51. The normalized spacial score (nSPS) is 17.0. The first kappa shape index (κ1) is 44.6. The molecule has 2 N–H and O–H groups in total. The first-order chi connectivity index (χ1) is 31.0. The number of alkyl halides is 7. The second kappa shape index (κ2) is 15.8. The molecule has 7 aromatic rings. The van der Waals surface area contributed by atoms with Gasteiger partial charge in [-0.1, -0.05) is 23.7 Å². The molecule has 13 nitrogen and oxygen atoms in total. The average Bonchev–Trinajstić information content (AvgIpc) is 3.73. The Morgan fingerprint density at radius 3 is 2.35 bits per heavy atom. The molecule has 0 unspecified atom stereocenters. The van der Waals surface area contributed by atoms with E-state index in [1.807, 2.05) is 0 Å². The predicted molar refractivity (Wildman–Crippen MR) is 216 cm³/mol. The van der Waals surface area contributed by atoms with Crippen molar-refractivity contribution in [3.05, 3.63) is 128 Å². The van der Waals surface area contributed by atoms with Crippen molar-refractivity contribution in [1.82, 2.24) is 39.4 Å². The molecule has 25 heteroatoms. The summed E-state index contributed by atoms with van der Waals surface area (Å²) >= 11 is 6.53. The molecule has 1 fully saturated rings. The van der Waals surface area contributed by atoms with Crippen LogP contribution in [0.5, 0.6) is 0 Å². The predicted octanol–water partition coefficient (Wildman–Crippen LogP) is 8.03. The summed E-state index contributed by atoms with van der Waals surface area (Å²) < 4.78 is 175. The minimum Gasteiger partial charge on any atom is -0.344 e. The summed E-state index contributed by atoms with van der Waals surface area (Å²) in [6.07, 6.45) is -8.59. The number of aromatic nitrogens is 7. The molecule has 1 saturated carbocycles. The maximum Gasteiger partial charge on any atom is 0.435 e. The number of carbonyl (C=O) groups is 1. The van der Waals surface area contributed by atoms with Gasteiger partial charge in [0.1, 0.15) is 42.1 Å². The van der Waals surface area contributed by atoms with Crippen LogP contribution in [0.4, 0.5) is 49.7 Å². The molecule has 4 heterocycles. The molecule has 0 aliphatic heterocycles. The number of benzene rings is 3. The number of anilines is 1. The maximum absolute atomic E-state index is 15.5. The molecule has 2 aliphatic rings. The second-order valence-electron chi connectivity index (χ2n) is 15.7. The summed E-state index contributed by atoms with van der Waals surface area (Å²) in [5, 5.41) is 8.90. The van der Waals surface area contributed by atoms with Gasteiger partial charge in [0.15, 0.2) is 17.2 Å². The van der Waals surface area contributed by atoms with E-state index in [1.165, 1.54) is 30.3 Å². The minimum absolute atomic E-state index is 0.0624. The zero-order chi connectivity index (χ0) is 47.4. The van der Waals surface area contributed by atoms with Crippen LogP contribution in [-0.4, -0.2) is 61.1 Å². The molecular weight excluding hydrogens is 940 g/mol. The Morgan fingerprint density at radius 2 is 1.68 bits per heavy atom. The Balaban J connectivity index is 1.29. The number of sulfonamides is 1. The molecule has 0 bridgehead atoms. The highest BCUT2D eigenvalue weighted by atomic mass is 35.5. The van der Waals surface area contributed by atoms with E-state index >= 15 is 13.2 Å². The van der Waals surface area contributed by atoms with Gasteiger partial charge < -0.3 is 5.32 Å². The molecule has 3 atom stereocenters. The third-order valence-electron chi connectivity index (χ3n) is 11.1. The second-order valence-corrected chi connectivity index (χ2v) is 17.8. The maximum atomic E-state index is 15.5. The largest absolute Gasteiger partial charge is 0.435 e. The first-order valence-corrected chi connectivity index (χ1v) is 21.7. The summed E-state index contributed by atoms with van der Waals surface area (Å²) in [5.74, 6) is -11.9. The van der Waals surface area contributed by atoms with Crippen LogP contribution in [0.25, 0.3) is 38.9 Å². The van der Waals surface area contributed by atoms with Gasteiger partial charge in [0.2, 0.25) is 15.9 Å². The third kappa shape index (κ3) is 7.98. The number of nitrogens with zero attached hydrogens (tertiary/aromatic N) is 7. The number of amides is 1. The molecule has 9 rings (SSSR count). The average molecular weight is 968 g/mol.